The smallest absolute Gasteiger partial charge is 0.267 e. The molecule has 0 aliphatic rings. The van der Waals surface area contributed by atoms with Crippen LogP contribution >= 0.6 is 0 Å². The number of benzene rings is 2. The van der Waals surface area contributed by atoms with Crippen molar-refractivity contribution < 1.29 is 4.39 Å². The molecule has 0 aliphatic heterocycles. The zero-order valence-corrected chi connectivity index (χ0v) is 10.2. The molecule has 1 N–H and O–H groups in total. The van der Waals surface area contributed by atoms with E-state index in [0.717, 1.165) is 6.07 Å². The number of halogens is 1. The highest BCUT2D eigenvalue weighted by molar-refractivity contribution is 5.93. The van der Waals surface area contributed by atoms with Gasteiger partial charge in [-0.1, -0.05) is 18.2 Å². The minimum atomic E-state index is -0.517. The van der Waals surface area contributed by atoms with Gasteiger partial charge in [-0.2, -0.15) is 10.4 Å². The number of nitrogens with zero attached hydrogens (tertiary/aromatic N) is 2. The van der Waals surface area contributed by atoms with Crippen LogP contribution in [0.1, 0.15) is 5.56 Å². The molecule has 0 fully saturated rings. The highest BCUT2D eigenvalue weighted by atomic mass is 19.1. The summed E-state index contributed by atoms with van der Waals surface area (Å²) >= 11 is 0. The van der Waals surface area contributed by atoms with Crippen molar-refractivity contribution in [3.05, 3.63) is 64.2 Å². The molecule has 0 spiro atoms. The summed E-state index contributed by atoms with van der Waals surface area (Å²) in [5, 5.41) is 16.4. The van der Waals surface area contributed by atoms with Crippen molar-refractivity contribution in [1.29, 1.82) is 5.26 Å². The summed E-state index contributed by atoms with van der Waals surface area (Å²) in [6.07, 6.45) is 0. The number of nitrogens with one attached hydrogen (secondary N) is 1. The summed E-state index contributed by atoms with van der Waals surface area (Å²) in [6.45, 7) is 0. The average molecular weight is 265 g/mol. The van der Waals surface area contributed by atoms with Gasteiger partial charge in [-0.15, -0.1) is 0 Å². The molecule has 2 aromatic carbocycles. The van der Waals surface area contributed by atoms with E-state index in [0.29, 0.717) is 22.0 Å². The van der Waals surface area contributed by atoms with Gasteiger partial charge in [0.2, 0.25) is 0 Å². The van der Waals surface area contributed by atoms with Crippen molar-refractivity contribution in [3.63, 3.8) is 0 Å². The summed E-state index contributed by atoms with van der Waals surface area (Å²) in [4.78, 5) is 11.7. The Bertz CT molecular complexity index is 909. The lowest BCUT2D eigenvalue weighted by molar-refractivity contribution is 0.628. The standard InChI is InChI=1S/C15H8FN3O/c16-11-6-9(8-17)5-10(7-11)14-12-3-1-2-4-13(12)15(20)19-18-14/h1-7H,(H,19,20). The number of hydrogen-bond donors (Lipinski definition) is 1. The van der Waals surface area contributed by atoms with Crippen molar-refractivity contribution in [2.24, 2.45) is 0 Å². The highest BCUT2D eigenvalue weighted by Crippen LogP contribution is 2.25. The van der Waals surface area contributed by atoms with Gasteiger partial charge in [0, 0.05) is 10.9 Å². The van der Waals surface area contributed by atoms with E-state index in [1.165, 1.54) is 12.1 Å². The van der Waals surface area contributed by atoms with Crippen molar-refractivity contribution >= 4 is 10.8 Å². The van der Waals surface area contributed by atoms with Gasteiger partial charge in [-0.05, 0) is 24.3 Å². The maximum Gasteiger partial charge on any atom is 0.272 e. The monoisotopic (exact) mass is 265 g/mol. The highest BCUT2D eigenvalue weighted by Gasteiger charge is 2.10. The first-order valence-electron chi connectivity index (χ1n) is 5.87. The maximum absolute atomic E-state index is 13.5. The molecule has 0 saturated heterocycles. The fourth-order valence-electron chi connectivity index (χ4n) is 2.13. The molecule has 96 valence electrons. The minimum absolute atomic E-state index is 0.206. The predicted octanol–water partition coefficient (Wildman–Crippen LogP) is 2.60. The Morgan fingerprint density at radius 3 is 2.65 bits per heavy atom. The summed E-state index contributed by atoms with van der Waals surface area (Å²) in [6, 6.07) is 12.8. The fraction of sp³-hybridized carbons (Fsp3) is 0. The Labute approximate surface area is 113 Å². The molecule has 3 aromatic rings. The van der Waals surface area contributed by atoms with E-state index in [9.17, 15) is 9.18 Å². The normalized spacial score (nSPS) is 10.4. The van der Waals surface area contributed by atoms with Crippen molar-refractivity contribution in [2.45, 2.75) is 0 Å². The van der Waals surface area contributed by atoms with Gasteiger partial charge in [0.15, 0.2) is 0 Å². The first-order valence-corrected chi connectivity index (χ1v) is 5.87. The van der Waals surface area contributed by atoms with Gasteiger partial charge in [-0.25, -0.2) is 9.49 Å². The molecule has 0 saturated carbocycles. The van der Waals surface area contributed by atoms with E-state index < -0.39 is 5.82 Å². The number of aromatic nitrogens is 2. The second-order valence-corrected chi connectivity index (χ2v) is 4.29. The third-order valence-corrected chi connectivity index (χ3v) is 3.00. The summed E-state index contributed by atoms with van der Waals surface area (Å²) in [5.74, 6) is -0.517. The molecule has 3 rings (SSSR count). The van der Waals surface area contributed by atoms with Crippen LogP contribution in [-0.4, -0.2) is 10.2 Å². The lowest BCUT2D eigenvalue weighted by atomic mass is 10.0. The molecular weight excluding hydrogens is 257 g/mol. The third-order valence-electron chi connectivity index (χ3n) is 3.00. The van der Waals surface area contributed by atoms with Crippen LogP contribution in [0.5, 0.6) is 0 Å². The Balaban J connectivity index is 2.36. The SMILES string of the molecule is N#Cc1cc(F)cc(-c2n[nH]c(=O)c3ccccc23)c1. The van der Waals surface area contributed by atoms with E-state index in [4.69, 9.17) is 5.26 Å². The van der Waals surface area contributed by atoms with Gasteiger partial charge in [-0.3, -0.25) is 4.79 Å². The topological polar surface area (TPSA) is 69.5 Å². The quantitative estimate of drug-likeness (QED) is 0.735. The molecule has 1 heterocycles. The number of nitriles is 1. The number of rotatable bonds is 1. The van der Waals surface area contributed by atoms with E-state index in [-0.39, 0.29) is 11.1 Å². The van der Waals surface area contributed by atoms with E-state index in [1.54, 1.807) is 24.3 Å². The molecule has 0 bridgehead atoms. The minimum Gasteiger partial charge on any atom is -0.267 e. The van der Waals surface area contributed by atoms with Crippen LogP contribution in [0.15, 0.2) is 47.3 Å². The molecule has 0 radical (unpaired) electrons. The van der Waals surface area contributed by atoms with E-state index >= 15 is 0 Å². The average Bonchev–Trinajstić information content (AvgIpc) is 2.47. The third kappa shape index (κ3) is 1.93. The molecule has 20 heavy (non-hydrogen) atoms. The molecule has 1 aromatic heterocycles. The maximum atomic E-state index is 13.5. The Hall–Kier alpha value is -3.00. The zero-order valence-electron chi connectivity index (χ0n) is 10.2. The zero-order chi connectivity index (χ0) is 14.1. The van der Waals surface area contributed by atoms with Gasteiger partial charge in [0.05, 0.1) is 22.7 Å². The molecule has 0 atom stereocenters. The largest absolute Gasteiger partial charge is 0.272 e. The second kappa shape index (κ2) is 4.59. The van der Waals surface area contributed by atoms with E-state index in [2.05, 4.69) is 10.2 Å². The van der Waals surface area contributed by atoms with Gasteiger partial charge in [0.25, 0.3) is 5.56 Å². The molecule has 5 heteroatoms. The summed E-state index contributed by atoms with van der Waals surface area (Å²) < 4.78 is 13.5. The molecule has 0 aliphatic carbocycles. The van der Waals surface area contributed by atoms with Crippen LogP contribution < -0.4 is 5.56 Å². The van der Waals surface area contributed by atoms with E-state index in [1.807, 2.05) is 6.07 Å². The molecular formula is C15H8FN3O. The van der Waals surface area contributed by atoms with Crippen LogP contribution in [0.3, 0.4) is 0 Å². The van der Waals surface area contributed by atoms with Crippen molar-refractivity contribution in [3.8, 4) is 17.3 Å². The molecule has 4 nitrogen and oxygen atoms in total. The lowest BCUT2D eigenvalue weighted by Crippen LogP contribution is -2.09. The van der Waals surface area contributed by atoms with Gasteiger partial charge in [0.1, 0.15) is 5.82 Å². The van der Waals surface area contributed by atoms with Crippen LogP contribution in [0.4, 0.5) is 4.39 Å². The van der Waals surface area contributed by atoms with Crippen LogP contribution in [0.2, 0.25) is 0 Å². The predicted molar refractivity (Wildman–Crippen MR) is 72.5 cm³/mol. The van der Waals surface area contributed by atoms with Crippen molar-refractivity contribution in [2.75, 3.05) is 0 Å². The second-order valence-electron chi connectivity index (χ2n) is 4.29. The molecule has 0 amide bonds. The van der Waals surface area contributed by atoms with Gasteiger partial charge >= 0.3 is 0 Å². The fourth-order valence-corrected chi connectivity index (χ4v) is 2.13. The first-order chi connectivity index (χ1) is 9.69. The summed E-state index contributed by atoms with van der Waals surface area (Å²) in [7, 11) is 0. The molecule has 0 unspecified atom stereocenters. The number of fused-ring (bicyclic) bond motifs is 1. The Morgan fingerprint density at radius 1 is 1.15 bits per heavy atom. The van der Waals surface area contributed by atoms with Gasteiger partial charge < -0.3 is 0 Å². The number of hydrogen-bond acceptors (Lipinski definition) is 3. The first kappa shape index (κ1) is 12.1. The number of H-pyrrole nitrogens is 1. The number of aromatic amines is 1. The lowest BCUT2D eigenvalue weighted by Gasteiger charge is -2.05. The van der Waals surface area contributed by atoms with Crippen LogP contribution in [0, 0.1) is 17.1 Å². The van der Waals surface area contributed by atoms with Crippen LogP contribution in [-0.2, 0) is 0 Å². The summed E-state index contributed by atoms with van der Waals surface area (Å²) in [5.41, 5.74) is 0.795. The van der Waals surface area contributed by atoms with Crippen molar-refractivity contribution in [1.82, 2.24) is 10.2 Å². The van der Waals surface area contributed by atoms with Crippen LogP contribution in [0.25, 0.3) is 22.0 Å². The Morgan fingerprint density at radius 2 is 1.90 bits per heavy atom. The Kier molecular flexibility index (Phi) is 2.77.